The van der Waals surface area contributed by atoms with Crippen LogP contribution in [0.2, 0.25) is 0 Å². The van der Waals surface area contributed by atoms with Crippen LogP contribution in [0.3, 0.4) is 0 Å². The fraction of sp³-hybridized carbons (Fsp3) is 0.562. The van der Waals surface area contributed by atoms with Gasteiger partial charge in [0.25, 0.3) is 0 Å². The third-order valence-corrected chi connectivity index (χ3v) is 3.91. The molecule has 0 aliphatic carbocycles. The molecule has 0 aromatic heterocycles. The third kappa shape index (κ3) is 4.43. The van der Waals surface area contributed by atoms with E-state index >= 15 is 0 Å². The number of aryl methyl sites for hydroxylation is 1. The molecule has 2 atom stereocenters. The molecular formula is C16H25ClN2O2. The second-order valence-electron chi connectivity index (χ2n) is 5.52. The number of carbonyl (C=O) groups is 1. The molecule has 4 nitrogen and oxygen atoms in total. The number of nitrogens with zero attached hydrogens (tertiary/aromatic N) is 1. The minimum absolute atomic E-state index is 0. The Labute approximate surface area is 133 Å². The lowest BCUT2D eigenvalue weighted by Crippen LogP contribution is -2.49. The van der Waals surface area contributed by atoms with Gasteiger partial charge in [0, 0.05) is 13.7 Å². The maximum atomic E-state index is 12.5. The molecule has 1 fully saturated rings. The highest BCUT2D eigenvalue weighted by Gasteiger charge is 2.30. The highest BCUT2D eigenvalue weighted by molar-refractivity contribution is 5.85. The van der Waals surface area contributed by atoms with Gasteiger partial charge in [0.15, 0.2) is 0 Å². The Balaban J connectivity index is 0.00000220. The Kier molecular flexibility index (Phi) is 7.15. The second kappa shape index (κ2) is 8.37. The number of piperidine rings is 1. The van der Waals surface area contributed by atoms with Gasteiger partial charge in [-0.1, -0.05) is 29.8 Å². The zero-order valence-corrected chi connectivity index (χ0v) is 13.6. The molecule has 2 rings (SSSR count). The Hall–Kier alpha value is -1.10. The van der Waals surface area contributed by atoms with Crippen molar-refractivity contribution in [3.63, 3.8) is 0 Å². The monoisotopic (exact) mass is 312 g/mol. The fourth-order valence-electron chi connectivity index (χ4n) is 2.79. The van der Waals surface area contributed by atoms with Gasteiger partial charge in [0.2, 0.25) is 5.91 Å². The number of hydrogen-bond acceptors (Lipinski definition) is 3. The molecule has 2 unspecified atom stereocenters. The quantitative estimate of drug-likeness (QED) is 0.929. The minimum Gasteiger partial charge on any atom is -0.383 e. The van der Waals surface area contributed by atoms with E-state index in [9.17, 15) is 4.79 Å². The largest absolute Gasteiger partial charge is 0.383 e. The first kappa shape index (κ1) is 18.0. The molecule has 21 heavy (non-hydrogen) atoms. The summed E-state index contributed by atoms with van der Waals surface area (Å²) in [7, 11) is 1.57. The zero-order valence-electron chi connectivity index (χ0n) is 12.7. The van der Waals surface area contributed by atoms with Gasteiger partial charge in [-0.3, -0.25) is 4.79 Å². The topological polar surface area (TPSA) is 55.6 Å². The van der Waals surface area contributed by atoms with Gasteiger partial charge in [-0.25, -0.2) is 0 Å². The Morgan fingerprint density at radius 1 is 1.38 bits per heavy atom. The first-order valence-electron chi connectivity index (χ1n) is 7.25. The Morgan fingerprint density at radius 3 is 2.67 bits per heavy atom. The number of hydrogen-bond donors (Lipinski definition) is 1. The van der Waals surface area contributed by atoms with Crippen molar-refractivity contribution < 1.29 is 9.53 Å². The number of likely N-dealkylation sites (tertiary alicyclic amines) is 1. The van der Waals surface area contributed by atoms with Crippen molar-refractivity contribution >= 4 is 18.3 Å². The predicted octanol–water partition coefficient (Wildman–Crippen LogP) is 2.44. The predicted molar refractivity (Wildman–Crippen MR) is 86.6 cm³/mol. The molecule has 0 saturated carbocycles. The first-order valence-corrected chi connectivity index (χ1v) is 7.25. The normalized spacial score (nSPS) is 19.8. The number of rotatable bonds is 4. The van der Waals surface area contributed by atoms with E-state index in [4.69, 9.17) is 10.5 Å². The van der Waals surface area contributed by atoms with E-state index in [-0.39, 0.29) is 31.0 Å². The van der Waals surface area contributed by atoms with Gasteiger partial charge in [-0.15, -0.1) is 12.4 Å². The standard InChI is InChI=1S/C16H24N2O2.ClH/c1-12-6-8-13(9-7-12)15-5-3-4-10-18(15)16(19)14(17)11-20-2;/h6-9,14-15H,3-5,10-11,17H2,1-2H3;1H. The van der Waals surface area contributed by atoms with Crippen LogP contribution in [-0.4, -0.2) is 37.1 Å². The van der Waals surface area contributed by atoms with Gasteiger partial charge in [0.05, 0.1) is 12.6 Å². The summed E-state index contributed by atoms with van der Waals surface area (Å²) >= 11 is 0. The van der Waals surface area contributed by atoms with E-state index < -0.39 is 6.04 Å². The molecule has 5 heteroatoms. The maximum absolute atomic E-state index is 12.5. The fourth-order valence-corrected chi connectivity index (χ4v) is 2.79. The van der Waals surface area contributed by atoms with Crippen LogP contribution in [-0.2, 0) is 9.53 Å². The molecular weight excluding hydrogens is 288 g/mol. The molecule has 2 N–H and O–H groups in total. The molecule has 1 aromatic carbocycles. The average Bonchev–Trinajstić information content (AvgIpc) is 2.47. The van der Waals surface area contributed by atoms with Crippen molar-refractivity contribution in [1.29, 1.82) is 0 Å². The molecule has 0 bridgehead atoms. The van der Waals surface area contributed by atoms with Gasteiger partial charge < -0.3 is 15.4 Å². The number of nitrogens with two attached hydrogens (primary N) is 1. The molecule has 1 aromatic rings. The SMILES string of the molecule is COCC(N)C(=O)N1CCCCC1c1ccc(C)cc1.Cl. The number of amides is 1. The molecule has 1 heterocycles. The Bertz CT molecular complexity index is 450. The van der Waals surface area contributed by atoms with Gasteiger partial charge in [-0.2, -0.15) is 0 Å². The lowest BCUT2D eigenvalue weighted by Gasteiger charge is -2.37. The molecule has 0 spiro atoms. The molecule has 1 aliphatic heterocycles. The van der Waals surface area contributed by atoms with E-state index in [0.717, 1.165) is 25.8 Å². The van der Waals surface area contributed by atoms with Crippen molar-refractivity contribution in [2.24, 2.45) is 5.73 Å². The van der Waals surface area contributed by atoms with E-state index in [0.29, 0.717) is 0 Å². The van der Waals surface area contributed by atoms with Crippen molar-refractivity contribution in [3.05, 3.63) is 35.4 Å². The minimum atomic E-state index is -0.564. The van der Waals surface area contributed by atoms with Crippen molar-refractivity contribution in [3.8, 4) is 0 Å². The summed E-state index contributed by atoms with van der Waals surface area (Å²) in [4.78, 5) is 14.4. The highest BCUT2D eigenvalue weighted by Crippen LogP contribution is 2.31. The first-order chi connectivity index (χ1) is 9.63. The summed E-state index contributed by atoms with van der Waals surface area (Å²) in [5.74, 6) is -0.00266. The van der Waals surface area contributed by atoms with Crippen LogP contribution in [0, 0.1) is 6.92 Å². The smallest absolute Gasteiger partial charge is 0.242 e. The van der Waals surface area contributed by atoms with Crippen LogP contribution in [0.1, 0.15) is 36.4 Å². The summed E-state index contributed by atoms with van der Waals surface area (Å²) in [6.45, 7) is 3.13. The van der Waals surface area contributed by atoms with Crippen molar-refractivity contribution in [1.82, 2.24) is 4.90 Å². The third-order valence-electron chi connectivity index (χ3n) is 3.91. The number of halogens is 1. The van der Waals surface area contributed by atoms with Crippen LogP contribution >= 0.6 is 12.4 Å². The second-order valence-corrected chi connectivity index (χ2v) is 5.52. The van der Waals surface area contributed by atoms with E-state index in [2.05, 4.69) is 31.2 Å². The average molecular weight is 313 g/mol. The lowest BCUT2D eigenvalue weighted by atomic mass is 9.94. The molecule has 0 radical (unpaired) electrons. The van der Waals surface area contributed by atoms with E-state index in [1.54, 1.807) is 7.11 Å². The van der Waals surface area contributed by atoms with Crippen LogP contribution < -0.4 is 5.73 Å². The summed E-state index contributed by atoms with van der Waals surface area (Å²) in [6, 6.07) is 8.02. The molecule has 1 aliphatic rings. The van der Waals surface area contributed by atoms with Crippen molar-refractivity contribution in [2.75, 3.05) is 20.3 Å². The van der Waals surface area contributed by atoms with Gasteiger partial charge in [-0.05, 0) is 31.7 Å². The van der Waals surface area contributed by atoms with E-state index in [1.807, 2.05) is 4.90 Å². The van der Waals surface area contributed by atoms with Crippen LogP contribution in [0.5, 0.6) is 0 Å². The van der Waals surface area contributed by atoms with Crippen LogP contribution in [0.25, 0.3) is 0 Å². The molecule has 1 saturated heterocycles. The van der Waals surface area contributed by atoms with Gasteiger partial charge in [0.1, 0.15) is 6.04 Å². The Morgan fingerprint density at radius 2 is 2.05 bits per heavy atom. The molecule has 1 amide bonds. The summed E-state index contributed by atoms with van der Waals surface area (Å²) in [5.41, 5.74) is 8.34. The molecule has 118 valence electrons. The van der Waals surface area contributed by atoms with Crippen LogP contribution in [0.4, 0.5) is 0 Å². The summed E-state index contributed by atoms with van der Waals surface area (Å²) < 4.78 is 5.00. The van der Waals surface area contributed by atoms with Gasteiger partial charge >= 0.3 is 0 Å². The number of benzene rings is 1. The summed E-state index contributed by atoms with van der Waals surface area (Å²) in [5, 5.41) is 0. The number of carbonyl (C=O) groups excluding carboxylic acids is 1. The zero-order chi connectivity index (χ0) is 14.5. The van der Waals surface area contributed by atoms with Crippen LogP contribution in [0.15, 0.2) is 24.3 Å². The van der Waals surface area contributed by atoms with E-state index in [1.165, 1.54) is 11.1 Å². The maximum Gasteiger partial charge on any atom is 0.242 e. The lowest BCUT2D eigenvalue weighted by molar-refractivity contribution is -0.137. The summed E-state index contributed by atoms with van der Waals surface area (Å²) in [6.07, 6.45) is 3.21. The van der Waals surface area contributed by atoms with Crippen molar-refractivity contribution in [2.45, 2.75) is 38.3 Å². The number of ether oxygens (including phenoxy) is 1. The highest BCUT2D eigenvalue weighted by atomic mass is 35.5. The number of methoxy groups -OCH3 is 1.